The first kappa shape index (κ1) is 14.5. The van der Waals surface area contributed by atoms with Crippen LogP contribution in [-0.4, -0.2) is 28.0 Å². The quantitative estimate of drug-likeness (QED) is 0.771. The molecule has 3 heteroatoms. The second kappa shape index (κ2) is 6.53. The summed E-state index contributed by atoms with van der Waals surface area (Å²) in [7, 11) is 0. The number of fused-ring (bicyclic) bond motifs is 1. The molecule has 1 heterocycles. The highest BCUT2D eigenvalue weighted by Crippen LogP contribution is 2.24. The zero-order valence-corrected chi connectivity index (χ0v) is 12.4. The summed E-state index contributed by atoms with van der Waals surface area (Å²) in [4.78, 5) is 10.5. The van der Waals surface area contributed by atoms with Gasteiger partial charge in [-0.1, -0.05) is 25.1 Å². The van der Waals surface area contributed by atoms with Crippen LogP contribution in [0.4, 0.5) is 0 Å². The molecule has 1 unspecified atom stereocenters. The van der Waals surface area contributed by atoms with E-state index in [0.717, 1.165) is 36.4 Å². The van der Waals surface area contributed by atoms with Crippen LogP contribution >= 0.6 is 0 Å². The van der Waals surface area contributed by atoms with Crippen molar-refractivity contribution in [3.8, 4) is 0 Å². The van der Waals surface area contributed by atoms with Crippen LogP contribution in [0.5, 0.6) is 0 Å². The van der Waals surface area contributed by atoms with Gasteiger partial charge >= 0.3 is 0 Å². The first-order valence-corrected chi connectivity index (χ1v) is 7.11. The van der Waals surface area contributed by atoms with Gasteiger partial charge in [0, 0.05) is 13.1 Å². The van der Waals surface area contributed by atoms with Gasteiger partial charge in [0.05, 0.1) is 17.1 Å². The van der Waals surface area contributed by atoms with Crippen LogP contribution in [0.1, 0.15) is 30.8 Å². The third-order valence-corrected chi connectivity index (χ3v) is 3.53. The molecule has 1 atom stereocenters. The molecular weight excluding hydrogens is 246 g/mol. The lowest BCUT2D eigenvalue weighted by Crippen LogP contribution is -2.29. The Labute approximate surface area is 121 Å². The summed E-state index contributed by atoms with van der Waals surface area (Å²) in [5.41, 5.74) is 3.38. The minimum atomic E-state index is 0.263. The summed E-state index contributed by atoms with van der Waals surface area (Å²) in [6, 6.07) is 6.57. The molecular formula is C17H23N3. The van der Waals surface area contributed by atoms with E-state index in [1.54, 1.807) is 0 Å². The maximum absolute atomic E-state index is 4.74. The number of benzene rings is 1. The lowest BCUT2D eigenvalue weighted by molar-refractivity contribution is 0.229. The van der Waals surface area contributed by atoms with Crippen LogP contribution in [0.25, 0.3) is 11.0 Å². The molecule has 0 aliphatic rings. The van der Waals surface area contributed by atoms with Gasteiger partial charge in [-0.3, -0.25) is 4.90 Å². The molecule has 0 amide bonds. The Balaban J connectivity index is 2.36. The number of aromatic nitrogens is 2. The number of aromatic amines is 1. The molecule has 2 aromatic rings. The number of imidazole rings is 1. The molecule has 0 fully saturated rings. The van der Waals surface area contributed by atoms with E-state index >= 15 is 0 Å². The number of nitrogens with one attached hydrogen (secondary N) is 1. The molecule has 106 valence electrons. The van der Waals surface area contributed by atoms with Crippen molar-refractivity contribution in [2.45, 2.75) is 26.3 Å². The Hall–Kier alpha value is -1.87. The summed E-state index contributed by atoms with van der Waals surface area (Å²) >= 11 is 0. The van der Waals surface area contributed by atoms with E-state index in [4.69, 9.17) is 4.98 Å². The van der Waals surface area contributed by atoms with E-state index < -0.39 is 0 Å². The third-order valence-electron chi connectivity index (χ3n) is 3.53. The largest absolute Gasteiger partial charge is 0.341 e. The Bertz CT molecular complexity index is 587. The van der Waals surface area contributed by atoms with Crippen molar-refractivity contribution in [2.24, 2.45) is 0 Å². The molecule has 0 aliphatic carbocycles. The van der Waals surface area contributed by atoms with Gasteiger partial charge < -0.3 is 4.98 Å². The first-order chi connectivity index (χ1) is 9.69. The lowest BCUT2D eigenvalue weighted by atomic mass is 10.1. The van der Waals surface area contributed by atoms with E-state index in [2.05, 4.69) is 55.1 Å². The smallest absolute Gasteiger partial charge is 0.124 e. The van der Waals surface area contributed by atoms with Crippen LogP contribution in [0.2, 0.25) is 0 Å². The van der Waals surface area contributed by atoms with Gasteiger partial charge in [0.1, 0.15) is 5.82 Å². The van der Waals surface area contributed by atoms with Crippen molar-refractivity contribution in [1.82, 2.24) is 14.9 Å². The topological polar surface area (TPSA) is 31.9 Å². The van der Waals surface area contributed by atoms with Crippen LogP contribution in [-0.2, 0) is 0 Å². The van der Waals surface area contributed by atoms with Crippen molar-refractivity contribution in [3.63, 3.8) is 0 Å². The molecule has 0 aliphatic heterocycles. The molecule has 1 aromatic carbocycles. The molecule has 0 spiro atoms. The number of nitrogens with zero attached hydrogens (tertiary/aromatic N) is 2. The Kier molecular flexibility index (Phi) is 4.74. The van der Waals surface area contributed by atoms with Crippen molar-refractivity contribution < 1.29 is 0 Å². The number of H-pyrrole nitrogens is 1. The Morgan fingerprint density at radius 2 is 2.00 bits per heavy atom. The van der Waals surface area contributed by atoms with Crippen LogP contribution in [0.15, 0.2) is 43.5 Å². The molecule has 0 bridgehead atoms. The van der Waals surface area contributed by atoms with Crippen molar-refractivity contribution in [1.29, 1.82) is 0 Å². The van der Waals surface area contributed by atoms with E-state index in [-0.39, 0.29) is 6.04 Å². The highest BCUT2D eigenvalue weighted by molar-refractivity contribution is 5.75. The molecule has 1 aromatic heterocycles. The SMILES string of the molecule is C=CCN(CC=C)C(CC)c1nc2ccc(C)cc2[nH]1. The van der Waals surface area contributed by atoms with Gasteiger partial charge in [-0.15, -0.1) is 13.2 Å². The fraction of sp³-hybridized carbons (Fsp3) is 0.353. The van der Waals surface area contributed by atoms with Gasteiger partial charge in [-0.25, -0.2) is 4.98 Å². The van der Waals surface area contributed by atoms with E-state index in [1.165, 1.54) is 5.56 Å². The van der Waals surface area contributed by atoms with Gasteiger partial charge in [0.25, 0.3) is 0 Å². The van der Waals surface area contributed by atoms with Crippen molar-refractivity contribution in [2.75, 3.05) is 13.1 Å². The summed E-state index contributed by atoms with van der Waals surface area (Å²) in [5.74, 6) is 1.02. The average Bonchev–Trinajstić information content (AvgIpc) is 2.82. The monoisotopic (exact) mass is 269 g/mol. The van der Waals surface area contributed by atoms with Crippen LogP contribution in [0.3, 0.4) is 0 Å². The fourth-order valence-corrected chi connectivity index (χ4v) is 2.59. The molecule has 0 radical (unpaired) electrons. The minimum absolute atomic E-state index is 0.263. The molecule has 1 N–H and O–H groups in total. The third kappa shape index (κ3) is 2.99. The summed E-state index contributed by atoms with van der Waals surface area (Å²) in [5, 5.41) is 0. The van der Waals surface area contributed by atoms with Crippen molar-refractivity contribution >= 4 is 11.0 Å². The number of hydrogen-bond acceptors (Lipinski definition) is 2. The van der Waals surface area contributed by atoms with Crippen LogP contribution < -0.4 is 0 Å². The standard InChI is InChI=1S/C17H23N3/c1-5-10-20(11-6-2)16(7-3)17-18-14-9-8-13(4)12-15(14)19-17/h5-6,8-9,12,16H,1-2,7,10-11H2,3-4H3,(H,18,19). The van der Waals surface area contributed by atoms with Gasteiger partial charge in [-0.05, 0) is 31.0 Å². The van der Waals surface area contributed by atoms with E-state index in [0.29, 0.717) is 0 Å². The molecule has 2 rings (SSSR count). The minimum Gasteiger partial charge on any atom is -0.341 e. The number of hydrogen-bond donors (Lipinski definition) is 1. The summed E-state index contributed by atoms with van der Waals surface area (Å²) in [6.45, 7) is 13.6. The van der Waals surface area contributed by atoms with Crippen molar-refractivity contribution in [3.05, 3.63) is 54.9 Å². The highest BCUT2D eigenvalue weighted by Gasteiger charge is 2.20. The fourth-order valence-electron chi connectivity index (χ4n) is 2.59. The van der Waals surface area contributed by atoms with Gasteiger partial charge in [0.2, 0.25) is 0 Å². The van der Waals surface area contributed by atoms with E-state index in [9.17, 15) is 0 Å². The number of rotatable bonds is 7. The zero-order chi connectivity index (χ0) is 14.5. The molecule has 20 heavy (non-hydrogen) atoms. The zero-order valence-electron chi connectivity index (χ0n) is 12.4. The second-order valence-corrected chi connectivity index (χ2v) is 5.10. The Morgan fingerprint density at radius 3 is 2.60 bits per heavy atom. The molecule has 3 nitrogen and oxygen atoms in total. The Morgan fingerprint density at radius 1 is 1.30 bits per heavy atom. The predicted molar refractivity (Wildman–Crippen MR) is 85.8 cm³/mol. The van der Waals surface area contributed by atoms with Crippen LogP contribution in [0, 0.1) is 6.92 Å². The molecule has 0 saturated carbocycles. The first-order valence-electron chi connectivity index (χ1n) is 7.11. The maximum atomic E-state index is 4.74. The predicted octanol–water partition coefficient (Wildman–Crippen LogP) is 4.00. The second-order valence-electron chi connectivity index (χ2n) is 5.10. The lowest BCUT2D eigenvalue weighted by Gasteiger charge is -2.27. The van der Waals surface area contributed by atoms with Gasteiger partial charge in [-0.2, -0.15) is 0 Å². The summed E-state index contributed by atoms with van der Waals surface area (Å²) < 4.78 is 0. The average molecular weight is 269 g/mol. The van der Waals surface area contributed by atoms with E-state index in [1.807, 2.05) is 12.2 Å². The normalized spacial score (nSPS) is 12.8. The molecule has 0 saturated heterocycles. The maximum Gasteiger partial charge on any atom is 0.124 e. The highest BCUT2D eigenvalue weighted by atomic mass is 15.2. The number of aryl methyl sites for hydroxylation is 1. The summed E-state index contributed by atoms with van der Waals surface area (Å²) in [6.07, 6.45) is 4.86. The van der Waals surface area contributed by atoms with Gasteiger partial charge in [0.15, 0.2) is 0 Å².